The molecule has 0 radical (unpaired) electrons. The van der Waals surface area contributed by atoms with Gasteiger partial charge in [0.1, 0.15) is 17.9 Å². The van der Waals surface area contributed by atoms with Crippen LogP contribution < -0.4 is 5.32 Å². The molecule has 2 N–H and O–H groups in total. The van der Waals surface area contributed by atoms with Crippen molar-refractivity contribution in [1.82, 2.24) is 9.97 Å². The van der Waals surface area contributed by atoms with Gasteiger partial charge in [0.05, 0.1) is 10.4 Å². The number of furan rings is 1. The van der Waals surface area contributed by atoms with Crippen LogP contribution in [-0.4, -0.2) is 33.5 Å². The third-order valence-corrected chi connectivity index (χ3v) is 6.76. The number of aliphatic hydroxyl groups excluding tert-OH is 1. The third-order valence-electron chi connectivity index (χ3n) is 5.78. The van der Waals surface area contributed by atoms with Gasteiger partial charge in [0.15, 0.2) is 0 Å². The van der Waals surface area contributed by atoms with Gasteiger partial charge in [0.2, 0.25) is 11.5 Å². The molecule has 0 spiro atoms. The van der Waals surface area contributed by atoms with Crippen molar-refractivity contribution >= 4 is 22.9 Å². The molecule has 1 saturated carbocycles. The number of anilines is 1. The number of hydrogen-bond acceptors (Lipinski definition) is 7. The molecule has 3 aromatic heterocycles. The molecule has 0 amide bonds. The van der Waals surface area contributed by atoms with Crippen molar-refractivity contribution in [1.29, 1.82) is 0 Å². The predicted octanol–water partition coefficient (Wildman–Crippen LogP) is 4.79. The van der Waals surface area contributed by atoms with Gasteiger partial charge in [-0.15, -0.1) is 11.3 Å². The van der Waals surface area contributed by atoms with E-state index in [2.05, 4.69) is 22.2 Å². The van der Waals surface area contributed by atoms with Gasteiger partial charge in [0, 0.05) is 25.3 Å². The molecule has 0 bridgehead atoms. The second-order valence-electron chi connectivity index (χ2n) is 8.11. The number of thiophene rings is 1. The zero-order valence-electron chi connectivity index (χ0n) is 17.2. The van der Waals surface area contributed by atoms with Crippen molar-refractivity contribution in [3.05, 3.63) is 63.6 Å². The van der Waals surface area contributed by atoms with Crippen molar-refractivity contribution < 1.29 is 27.5 Å². The van der Waals surface area contributed by atoms with Crippen molar-refractivity contribution in [2.75, 3.05) is 11.9 Å². The van der Waals surface area contributed by atoms with Gasteiger partial charge in [-0.2, -0.15) is 13.2 Å². The molecule has 1 aliphatic rings. The first-order valence-corrected chi connectivity index (χ1v) is 11.1. The number of alkyl halides is 3. The summed E-state index contributed by atoms with van der Waals surface area (Å²) in [5.41, 5.74) is 1.02. The van der Waals surface area contributed by atoms with E-state index in [0.29, 0.717) is 27.7 Å². The number of carbonyl (C=O) groups excluding carboxylic acids is 1. The van der Waals surface area contributed by atoms with Crippen LogP contribution in [0.5, 0.6) is 0 Å². The number of halogens is 3. The molecule has 0 saturated heterocycles. The standard InChI is InChI=1S/C22H22F3N3O3S/c1-12-4-15(7-14(12)9-29)28-21-17(8-26-11-27-21)20(30)18-6-13(10-32-18)5-16-2-3-19(31-16)22(23,24)25/h2-3,6,8,10-12,14-15,29H,4-5,7,9H2,1H3,(H,26,27,28)/t12-,14+,15-/m0/s1. The van der Waals surface area contributed by atoms with Crippen molar-refractivity contribution in [2.45, 2.75) is 38.4 Å². The molecule has 1 aliphatic carbocycles. The van der Waals surface area contributed by atoms with E-state index in [-0.39, 0.29) is 36.5 Å². The average Bonchev–Trinajstić information content (AvgIpc) is 3.48. The molecule has 3 atom stereocenters. The number of nitrogens with one attached hydrogen (secondary N) is 1. The summed E-state index contributed by atoms with van der Waals surface area (Å²) in [6, 6.07) is 3.94. The van der Waals surface area contributed by atoms with Crippen LogP contribution in [0.3, 0.4) is 0 Å². The van der Waals surface area contributed by atoms with Crippen molar-refractivity contribution in [3.8, 4) is 0 Å². The maximum Gasteiger partial charge on any atom is 0.449 e. The first-order chi connectivity index (χ1) is 15.2. The fourth-order valence-electron chi connectivity index (χ4n) is 4.06. The van der Waals surface area contributed by atoms with Gasteiger partial charge in [-0.1, -0.05) is 6.92 Å². The fraction of sp³-hybridized carbons (Fsp3) is 0.409. The highest BCUT2D eigenvalue weighted by Crippen LogP contribution is 2.34. The summed E-state index contributed by atoms with van der Waals surface area (Å²) in [6.07, 6.45) is 0.117. The molecule has 0 unspecified atom stereocenters. The van der Waals surface area contributed by atoms with E-state index < -0.39 is 11.9 Å². The summed E-state index contributed by atoms with van der Waals surface area (Å²) in [4.78, 5) is 21.8. The first kappa shape index (κ1) is 22.5. The Kier molecular flexibility index (Phi) is 6.34. The summed E-state index contributed by atoms with van der Waals surface area (Å²) in [7, 11) is 0. The van der Waals surface area contributed by atoms with E-state index in [1.165, 1.54) is 29.9 Å². The second kappa shape index (κ2) is 9.03. The molecule has 10 heteroatoms. The van der Waals surface area contributed by atoms with E-state index in [1.807, 2.05) is 0 Å². The Labute approximate surface area is 186 Å². The Bertz CT molecular complexity index is 1100. The van der Waals surface area contributed by atoms with Gasteiger partial charge < -0.3 is 14.8 Å². The molecular formula is C22H22F3N3O3S. The van der Waals surface area contributed by atoms with Gasteiger partial charge >= 0.3 is 6.18 Å². The Morgan fingerprint density at radius 2 is 2.16 bits per heavy atom. The lowest BCUT2D eigenvalue weighted by Gasteiger charge is -2.15. The lowest BCUT2D eigenvalue weighted by Crippen LogP contribution is -2.19. The number of nitrogens with zero attached hydrogens (tertiary/aromatic N) is 2. The van der Waals surface area contributed by atoms with Gasteiger partial charge in [-0.3, -0.25) is 4.79 Å². The molecule has 170 valence electrons. The third kappa shape index (κ3) is 4.86. The molecule has 1 fully saturated rings. The summed E-state index contributed by atoms with van der Waals surface area (Å²) in [5.74, 6) is -0.0964. The summed E-state index contributed by atoms with van der Waals surface area (Å²) >= 11 is 1.21. The van der Waals surface area contributed by atoms with E-state index in [0.717, 1.165) is 18.9 Å². The van der Waals surface area contributed by atoms with Gasteiger partial charge in [0.25, 0.3) is 0 Å². The molecule has 3 aromatic rings. The quantitative estimate of drug-likeness (QED) is 0.488. The maximum absolute atomic E-state index is 13.1. The Balaban J connectivity index is 1.47. The Morgan fingerprint density at radius 1 is 1.34 bits per heavy atom. The maximum atomic E-state index is 13.1. The van der Waals surface area contributed by atoms with Gasteiger partial charge in [-0.25, -0.2) is 9.97 Å². The minimum absolute atomic E-state index is 0.101. The van der Waals surface area contributed by atoms with Crippen LogP contribution in [0, 0.1) is 11.8 Å². The topological polar surface area (TPSA) is 88.3 Å². The average molecular weight is 465 g/mol. The van der Waals surface area contributed by atoms with E-state index in [9.17, 15) is 23.1 Å². The number of carbonyl (C=O) groups is 1. The number of aliphatic hydroxyl groups is 1. The van der Waals surface area contributed by atoms with Crippen LogP contribution in [0.2, 0.25) is 0 Å². The van der Waals surface area contributed by atoms with Crippen LogP contribution in [0.4, 0.5) is 19.0 Å². The molecule has 0 aliphatic heterocycles. The highest BCUT2D eigenvalue weighted by Gasteiger charge is 2.35. The van der Waals surface area contributed by atoms with Crippen molar-refractivity contribution in [2.24, 2.45) is 11.8 Å². The zero-order valence-corrected chi connectivity index (χ0v) is 18.0. The number of aromatic nitrogens is 2. The van der Waals surface area contributed by atoms with Crippen LogP contribution in [0.1, 0.15) is 52.1 Å². The molecule has 4 rings (SSSR count). The van der Waals surface area contributed by atoms with E-state index in [4.69, 9.17) is 4.42 Å². The fourth-order valence-corrected chi connectivity index (χ4v) is 4.92. The lowest BCUT2D eigenvalue weighted by molar-refractivity contribution is -0.153. The second-order valence-corrected chi connectivity index (χ2v) is 9.02. The minimum Gasteiger partial charge on any atom is -0.456 e. The highest BCUT2D eigenvalue weighted by molar-refractivity contribution is 7.12. The number of rotatable bonds is 7. The highest BCUT2D eigenvalue weighted by atomic mass is 32.1. The Morgan fingerprint density at radius 3 is 2.84 bits per heavy atom. The molecular weight excluding hydrogens is 443 g/mol. The summed E-state index contributed by atoms with van der Waals surface area (Å²) in [6.45, 7) is 2.23. The smallest absolute Gasteiger partial charge is 0.449 e. The summed E-state index contributed by atoms with van der Waals surface area (Å²) in [5, 5.41) is 14.5. The van der Waals surface area contributed by atoms with Crippen LogP contribution in [0.25, 0.3) is 0 Å². The number of ketones is 1. The molecule has 6 nitrogen and oxygen atoms in total. The summed E-state index contributed by atoms with van der Waals surface area (Å²) < 4.78 is 43.0. The molecule has 32 heavy (non-hydrogen) atoms. The molecule has 0 aromatic carbocycles. The zero-order chi connectivity index (χ0) is 22.9. The van der Waals surface area contributed by atoms with Crippen LogP contribution in [0.15, 0.2) is 40.5 Å². The first-order valence-electron chi connectivity index (χ1n) is 10.2. The number of hydrogen-bond donors (Lipinski definition) is 2. The SMILES string of the molecule is C[C@H]1C[C@H](Nc2ncncc2C(=O)c2cc(Cc3ccc(C(F)(F)F)o3)cs2)C[C@@H]1CO. The Hall–Kier alpha value is -2.72. The largest absolute Gasteiger partial charge is 0.456 e. The molecule has 3 heterocycles. The van der Waals surface area contributed by atoms with E-state index in [1.54, 1.807) is 11.4 Å². The lowest BCUT2D eigenvalue weighted by atomic mass is 10.00. The normalized spacial score (nSPS) is 21.1. The monoisotopic (exact) mass is 465 g/mol. The van der Waals surface area contributed by atoms with Crippen LogP contribution >= 0.6 is 11.3 Å². The minimum atomic E-state index is -4.53. The van der Waals surface area contributed by atoms with Gasteiger partial charge in [-0.05, 0) is 53.8 Å². The van der Waals surface area contributed by atoms with Crippen LogP contribution in [-0.2, 0) is 12.6 Å². The predicted molar refractivity (Wildman–Crippen MR) is 113 cm³/mol. The van der Waals surface area contributed by atoms with E-state index >= 15 is 0 Å². The van der Waals surface area contributed by atoms with Crippen molar-refractivity contribution in [3.63, 3.8) is 0 Å².